The Labute approximate surface area is 121 Å². The lowest BCUT2D eigenvalue weighted by Crippen LogP contribution is -2.42. The monoisotopic (exact) mass is 271 g/mol. The molecule has 0 amide bonds. The summed E-state index contributed by atoms with van der Waals surface area (Å²) in [5.74, 6) is 3.02. The van der Waals surface area contributed by atoms with Crippen LogP contribution in [0.1, 0.15) is 56.1 Å². The normalized spacial score (nSPS) is 39.5. The largest absolute Gasteiger partial charge is 0.508 e. The average molecular weight is 271 g/mol. The highest BCUT2D eigenvalue weighted by atomic mass is 16.3. The maximum Gasteiger partial charge on any atom is 0.293 e. The van der Waals surface area contributed by atoms with Crippen molar-refractivity contribution in [2.24, 2.45) is 17.3 Å². The van der Waals surface area contributed by atoms with Crippen LogP contribution in [0.3, 0.4) is 0 Å². The van der Waals surface area contributed by atoms with Crippen molar-refractivity contribution >= 4 is 5.78 Å². The number of hydrogen-bond donors (Lipinski definition) is 1. The molecule has 1 aromatic rings. The third kappa shape index (κ3) is 1.54. The Bertz CT molecular complexity index is 597. The summed E-state index contributed by atoms with van der Waals surface area (Å²) < 4.78 is 7.05. The molecule has 0 spiro atoms. The van der Waals surface area contributed by atoms with E-state index < -0.39 is 0 Å². The van der Waals surface area contributed by atoms with Crippen molar-refractivity contribution < 1.29 is 9.90 Å². The number of aryl methyl sites for hydroxylation is 1. The molecule has 3 aliphatic carbocycles. The van der Waals surface area contributed by atoms with Gasteiger partial charge in [-0.15, -0.1) is 0 Å². The van der Waals surface area contributed by atoms with Gasteiger partial charge in [-0.2, -0.15) is 0 Å². The molecule has 4 atom stereocenters. The van der Waals surface area contributed by atoms with Crippen molar-refractivity contribution in [3.8, 4) is 5.75 Å². The van der Waals surface area contributed by atoms with Gasteiger partial charge < -0.3 is 5.11 Å². The molecule has 20 heavy (non-hydrogen) atoms. The summed E-state index contributed by atoms with van der Waals surface area (Å²) in [6.07, 6.45) is 6.33. The Balaban J connectivity index is 1.70. The van der Waals surface area contributed by atoms with E-state index in [0.717, 1.165) is 32.1 Å². The fourth-order valence-corrected chi connectivity index (χ4v) is 5.33. The lowest BCUT2D eigenvalue weighted by Gasteiger charge is -2.48. The average Bonchev–Trinajstić information content (AvgIpc) is 2.82. The number of carbonyl (C=O) groups excluding carboxylic acids is 1. The molecule has 0 bridgehead atoms. The van der Waals surface area contributed by atoms with Crippen molar-refractivity contribution in [2.75, 3.05) is 0 Å². The number of benzene rings is 1. The number of fused-ring (bicyclic) bond motifs is 5. The van der Waals surface area contributed by atoms with Gasteiger partial charge >= 0.3 is 0 Å². The van der Waals surface area contributed by atoms with Crippen LogP contribution in [0.5, 0.6) is 5.75 Å². The zero-order valence-electron chi connectivity index (χ0n) is 13.0. The van der Waals surface area contributed by atoms with Crippen LogP contribution >= 0.6 is 0 Å². The third-order valence-corrected chi connectivity index (χ3v) is 6.41. The molecule has 4 rings (SSSR count). The smallest absolute Gasteiger partial charge is 0.293 e. The second-order valence-corrected chi connectivity index (χ2v) is 7.19. The SMILES string of the molecule is [2H]Oc1ccc2c(c1)CC[C@@H]1[C@@H]2CC[C@]2(C)C(=O)CC[C@@H]12. The molecular formula is C18H22O2. The van der Waals surface area contributed by atoms with Gasteiger partial charge in [0.2, 0.25) is 0 Å². The summed E-state index contributed by atoms with van der Waals surface area (Å²) in [4.78, 5) is 12.3. The molecule has 2 fully saturated rings. The van der Waals surface area contributed by atoms with Crippen molar-refractivity contribution in [2.45, 2.75) is 51.4 Å². The summed E-state index contributed by atoms with van der Waals surface area (Å²) in [5, 5.41) is 4.62. The van der Waals surface area contributed by atoms with Crippen molar-refractivity contribution in [3.05, 3.63) is 29.3 Å². The van der Waals surface area contributed by atoms with Crippen molar-refractivity contribution in [1.29, 1.82) is 1.43 Å². The van der Waals surface area contributed by atoms with Crippen LogP contribution in [-0.2, 0) is 11.2 Å². The first-order valence-corrected chi connectivity index (χ1v) is 7.93. The molecule has 0 aromatic heterocycles. The number of hydrogen-bond acceptors (Lipinski definition) is 2. The van der Waals surface area contributed by atoms with Gasteiger partial charge in [-0.3, -0.25) is 4.79 Å². The maximum atomic E-state index is 12.3. The zero-order valence-corrected chi connectivity index (χ0v) is 12.0. The lowest BCUT2D eigenvalue weighted by molar-refractivity contribution is -0.129. The van der Waals surface area contributed by atoms with E-state index in [0.29, 0.717) is 29.3 Å². The molecule has 2 heteroatoms. The molecule has 0 unspecified atom stereocenters. The highest BCUT2D eigenvalue weighted by molar-refractivity contribution is 5.87. The first-order chi connectivity index (χ1) is 10.1. The predicted octanol–water partition coefficient (Wildman–Crippen LogP) is 3.82. The maximum absolute atomic E-state index is 12.3. The molecule has 3 aliphatic rings. The fraction of sp³-hybridized carbons (Fsp3) is 0.611. The van der Waals surface area contributed by atoms with Crippen LogP contribution < -0.4 is 0 Å². The Hall–Kier alpha value is -1.31. The third-order valence-electron chi connectivity index (χ3n) is 6.41. The minimum atomic E-state index is -0.0388. The van der Waals surface area contributed by atoms with Gasteiger partial charge in [0.1, 0.15) is 11.5 Å². The molecule has 2 nitrogen and oxygen atoms in total. The van der Waals surface area contributed by atoms with Gasteiger partial charge in [-0.25, -0.2) is 0 Å². The lowest BCUT2D eigenvalue weighted by atomic mass is 9.55. The zero-order chi connectivity index (χ0) is 14.6. The van der Waals surface area contributed by atoms with Crippen LogP contribution in [0.4, 0.5) is 0 Å². The summed E-state index contributed by atoms with van der Waals surface area (Å²) in [7, 11) is 0. The summed E-state index contributed by atoms with van der Waals surface area (Å²) in [6, 6.07) is 6.11. The number of Topliss-reactive ketones (excluding diaryl/α,β-unsaturated/α-hetero) is 1. The van der Waals surface area contributed by atoms with Gasteiger partial charge in [0.15, 0.2) is 0 Å². The van der Waals surface area contributed by atoms with Gasteiger partial charge in [0.05, 0.1) is 0 Å². The highest BCUT2D eigenvalue weighted by Crippen LogP contribution is 2.59. The van der Waals surface area contributed by atoms with E-state index in [1.165, 1.54) is 17.5 Å². The molecule has 1 aromatic carbocycles. The van der Waals surface area contributed by atoms with Crippen LogP contribution in [0.2, 0.25) is 0 Å². The minimum absolute atomic E-state index is 0.0388. The van der Waals surface area contributed by atoms with Crippen molar-refractivity contribution in [1.82, 2.24) is 0 Å². The number of phenols is 1. The number of rotatable bonds is 1. The molecule has 0 aliphatic heterocycles. The van der Waals surface area contributed by atoms with Crippen molar-refractivity contribution in [3.63, 3.8) is 0 Å². The number of ketones is 1. The van der Waals surface area contributed by atoms with Crippen LogP contribution in [0, 0.1) is 17.3 Å². The van der Waals surface area contributed by atoms with E-state index in [2.05, 4.69) is 18.1 Å². The number of aromatic hydroxyl groups is 1. The summed E-state index contributed by atoms with van der Waals surface area (Å²) in [6.45, 7) is 2.22. The molecule has 106 valence electrons. The first kappa shape index (κ1) is 11.4. The quantitative estimate of drug-likeness (QED) is 0.843. The van der Waals surface area contributed by atoms with E-state index >= 15 is 0 Å². The Morgan fingerprint density at radius 1 is 1.30 bits per heavy atom. The first-order valence-electron chi connectivity index (χ1n) is 8.33. The predicted molar refractivity (Wildman–Crippen MR) is 77.7 cm³/mol. The van der Waals surface area contributed by atoms with Gasteiger partial charge in [0, 0.05) is 11.8 Å². The Morgan fingerprint density at radius 3 is 3.05 bits per heavy atom. The molecule has 1 N–H and O–H groups in total. The minimum Gasteiger partial charge on any atom is -0.508 e. The molecule has 0 heterocycles. The van der Waals surface area contributed by atoms with E-state index in [-0.39, 0.29) is 5.41 Å². The summed E-state index contributed by atoms with van der Waals surface area (Å²) in [5.41, 5.74) is 2.77. The fourth-order valence-electron chi connectivity index (χ4n) is 5.33. The topological polar surface area (TPSA) is 37.3 Å². The standard InChI is InChI=1S/C18H22O2/c1-18-9-8-14-13-5-3-12(19)10-11(13)2-4-15(14)16(18)6-7-17(18)20/h3,5,10,14-16,19H,2,4,6-9H2,1H3/t14-,15-,16+,18+/m1/s1/i/hD. The van der Waals surface area contributed by atoms with Crippen LogP contribution in [0.15, 0.2) is 18.2 Å². The number of carbonyl (C=O) groups is 1. The van der Waals surface area contributed by atoms with E-state index in [1.54, 1.807) is 0 Å². The van der Waals surface area contributed by atoms with Crippen LogP contribution in [0.25, 0.3) is 0 Å². The van der Waals surface area contributed by atoms with E-state index in [1.807, 2.05) is 12.1 Å². The summed E-state index contributed by atoms with van der Waals surface area (Å²) >= 11 is 0. The molecular weight excluding hydrogens is 248 g/mol. The second kappa shape index (κ2) is 4.09. The van der Waals surface area contributed by atoms with Crippen LogP contribution in [-0.4, -0.2) is 12.3 Å². The molecule has 0 saturated heterocycles. The van der Waals surface area contributed by atoms with E-state index in [4.69, 9.17) is 1.43 Å². The van der Waals surface area contributed by atoms with Gasteiger partial charge in [-0.05, 0) is 73.1 Å². The van der Waals surface area contributed by atoms with Gasteiger partial charge in [-0.1, -0.05) is 13.0 Å². The number of phenolic OH excluding ortho intramolecular Hbond substituents is 1. The highest BCUT2D eigenvalue weighted by Gasteiger charge is 2.54. The molecule has 0 radical (unpaired) electrons. The second-order valence-electron chi connectivity index (χ2n) is 7.19. The van der Waals surface area contributed by atoms with E-state index in [9.17, 15) is 4.79 Å². The van der Waals surface area contributed by atoms with Gasteiger partial charge in [0.25, 0.3) is 1.43 Å². The molecule has 2 saturated carbocycles. The Kier molecular flexibility index (Phi) is 2.33. The Morgan fingerprint density at radius 2 is 2.20 bits per heavy atom.